The van der Waals surface area contributed by atoms with Crippen LogP contribution in [0.2, 0.25) is 0 Å². The Hall–Kier alpha value is -3.03. The van der Waals surface area contributed by atoms with E-state index < -0.39 is 6.10 Å². The topological polar surface area (TPSA) is 104 Å². The van der Waals surface area contributed by atoms with Gasteiger partial charge in [0.25, 0.3) is 0 Å². The number of phenolic OH excluding ortho intramolecular Hbond substituents is 1. The number of aromatic amines is 1. The van der Waals surface area contributed by atoms with Crippen molar-refractivity contribution in [2.45, 2.75) is 25.5 Å². The largest absolute Gasteiger partial charge is 0.506 e. The lowest BCUT2D eigenvalue weighted by Crippen LogP contribution is -2.32. The first-order valence-electron chi connectivity index (χ1n) is 9.40. The van der Waals surface area contributed by atoms with Crippen LogP contribution in [0.3, 0.4) is 0 Å². The van der Waals surface area contributed by atoms with Crippen LogP contribution in [0.5, 0.6) is 17.2 Å². The molecule has 0 aliphatic heterocycles. The van der Waals surface area contributed by atoms with Gasteiger partial charge in [-0.3, -0.25) is 4.79 Å². The summed E-state index contributed by atoms with van der Waals surface area (Å²) in [5, 5.41) is 24.6. The number of aliphatic hydroxyl groups is 1. The lowest BCUT2D eigenvalue weighted by atomic mass is 10.0. The SMILES string of the molecule is COc1ccc(C[C@@H](C)NC[C@H](O)c2ccc(O)c3[nH]c(=O)ccc23)c(OC)c1. The van der Waals surface area contributed by atoms with Crippen molar-refractivity contribution in [3.05, 3.63) is 63.9 Å². The zero-order valence-corrected chi connectivity index (χ0v) is 16.7. The first-order chi connectivity index (χ1) is 13.9. The van der Waals surface area contributed by atoms with E-state index in [-0.39, 0.29) is 17.4 Å². The molecule has 7 heteroatoms. The minimum atomic E-state index is -0.802. The Morgan fingerprint density at radius 3 is 2.62 bits per heavy atom. The average molecular weight is 398 g/mol. The first kappa shape index (κ1) is 20.7. The van der Waals surface area contributed by atoms with Crippen LogP contribution in [0.1, 0.15) is 24.2 Å². The maximum atomic E-state index is 11.5. The summed E-state index contributed by atoms with van der Waals surface area (Å²) < 4.78 is 10.7. The second-order valence-electron chi connectivity index (χ2n) is 6.99. The van der Waals surface area contributed by atoms with Gasteiger partial charge in [-0.05, 0) is 42.7 Å². The van der Waals surface area contributed by atoms with Crippen LogP contribution in [0.25, 0.3) is 10.9 Å². The van der Waals surface area contributed by atoms with E-state index in [1.165, 1.54) is 12.1 Å². The van der Waals surface area contributed by atoms with Gasteiger partial charge in [0.2, 0.25) is 5.56 Å². The summed E-state index contributed by atoms with van der Waals surface area (Å²) in [6.45, 7) is 2.35. The molecule has 2 aromatic carbocycles. The number of methoxy groups -OCH3 is 2. The molecule has 0 saturated heterocycles. The summed E-state index contributed by atoms with van der Waals surface area (Å²) >= 11 is 0. The van der Waals surface area contributed by atoms with Crippen LogP contribution in [0, 0.1) is 0 Å². The van der Waals surface area contributed by atoms with E-state index in [1.807, 2.05) is 25.1 Å². The summed E-state index contributed by atoms with van der Waals surface area (Å²) in [5.74, 6) is 1.47. The van der Waals surface area contributed by atoms with E-state index in [0.717, 1.165) is 17.1 Å². The maximum absolute atomic E-state index is 11.5. The number of aliphatic hydroxyl groups excluding tert-OH is 1. The van der Waals surface area contributed by atoms with Gasteiger partial charge < -0.3 is 30.0 Å². The van der Waals surface area contributed by atoms with E-state index in [0.29, 0.717) is 29.4 Å². The summed E-state index contributed by atoms with van der Waals surface area (Å²) in [6, 6.07) is 11.9. The van der Waals surface area contributed by atoms with Crippen LogP contribution in [-0.2, 0) is 6.42 Å². The van der Waals surface area contributed by atoms with Crippen LogP contribution in [0.15, 0.2) is 47.3 Å². The first-order valence-corrected chi connectivity index (χ1v) is 9.40. The molecule has 7 nitrogen and oxygen atoms in total. The fraction of sp³-hybridized carbons (Fsp3) is 0.318. The molecule has 1 aromatic heterocycles. The third-order valence-electron chi connectivity index (χ3n) is 4.95. The molecule has 4 N–H and O–H groups in total. The number of ether oxygens (including phenoxy) is 2. The molecule has 1 heterocycles. The van der Waals surface area contributed by atoms with Crippen molar-refractivity contribution in [3.63, 3.8) is 0 Å². The van der Waals surface area contributed by atoms with Crippen molar-refractivity contribution in [2.24, 2.45) is 0 Å². The molecule has 29 heavy (non-hydrogen) atoms. The molecule has 0 bridgehead atoms. The molecule has 0 fully saturated rings. The van der Waals surface area contributed by atoms with Gasteiger partial charge >= 0.3 is 0 Å². The van der Waals surface area contributed by atoms with Gasteiger partial charge in [-0.2, -0.15) is 0 Å². The second kappa shape index (κ2) is 8.98. The fourth-order valence-electron chi connectivity index (χ4n) is 3.39. The summed E-state index contributed by atoms with van der Waals surface area (Å²) in [5.41, 5.74) is 1.69. The van der Waals surface area contributed by atoms with E-state index in [4.69, 9.17) is 9.47 Å². The summed E-state index contributed by atoms with van der Waals surface area (Å²) in [6.07, 6.45) is -0.0898. The minimum Gasteiger partial charge on any atom is -0.506 e. The van der Waals surface area contributed by atoms with E-state index in [9.17, 15) is 15.0 Å². The van der Waals surface area contributed by atoms with Crippen LogP contribution in [-0.4, -0.2) is 42.0 Å². The summed E-state index contributed by atoms with van der Waals surface area (Å²) in [7, 11) is 3.24. The molecular weight excluding hydrogens is 372 g/mol. The number of phenols is 1. The van der Waals surface area contributed by atoms with Crippen molar-refractivity contribution in [1.29, 1.82) is 0 Å². The van der Waals surface area contributed by atoms with Gasteiger partial charge in [-0.15, -0.1) is 0 Å². The molecule has 3 aromatic rings. The standard InChI is InChI=1S/C22H26N2O5/c1-13(10-14-4-5-15(28-2)11-20(14)29-3)23-12-19(26)16-6-8-18(25)22-17(16)7-9-21(27)24-22/h4-9,11,13,19,23,25-26H,10,12H2,1-3H3,(H,24,27)/t13-,19+/m1/s1. The molecule has 3 rings (SSSR count). The predicted molar refractivity (Wildman–Crippen MR) is 112 cm³/mol. The molecule has 0 unspecified atom stereocenters. The van der Waals surface area contributed by atoms with Crippen LogP contribution in [0.4, 0.5) is 0 Å². The van der Waals surface area contributed by atoms with Gasteiger partial charge in [0.15, 0.2) is 0 Å². The van der Waals surface area contributed by atoms with Crippen molar-refractivity contribution < 1.29 is 19.7 Å². The number of hydrogen-bond acceptors (Lipinski definition) is 6. The second-order valence-corrected chi connectivity index (χ2v) is 6.99. The van der Waals surface area contributed by atoms with Gasteiger partial charge in [0, 0.05) is 30.1 Å². The molecule has 0 aliphatic rings. The van der Waals surface area contributed by atoms with E-state index in [2.05, 4.69) is 10.3 Å². The number of H-pyrrole nitrogens is 1. The normalized spacial score (nSPS) is 13.2. The van der Waals surface area contributed by atoms with E-state index >= 15 is 0 Å². The van der Waals surface area contributed by atoms with Gasteiger partial charge in [-0.25, -0.2) is 0 Å². The zero-order valence-electron chi connectivity index (χ0n) is 16.7. The lowest BCUT2D eigenvalue weighted by molar-refractivity contribution is 0.172. The Labute approximate surface area is 168 Å². The number of pyridine rings is 1. The Balaban J connectivity index is 1.70. The van der Waals surface area contributed by atoms with Crippen molar-refractivity contribution >= 4 is 10.9 Å². The molecule has 0 aliphatic carbocycles. The highest BCUT2D eigenvalue weighted by atomic mass is 16.5. The van der Waals surface area contributed by atoms with Crippen LogP contribution >= 0.6 is 0 Å². The Bertz CT molecular complexity index is 1050. The predicted octanol–water partition coefficient (Wildman–Crippen LogP) is 2.51. The number of fused-ring (bicyclic) bond motifs is 1. The van der Waals surface area contributed by atoms with Crippen molar-refractivity contribution in [2.75, 3.05) is 20.8 Å². The number of rotatable bonds is 8. The molecule has 0 amide bonds. The molecule has 0 radical (unpaired) electrons. The number of benzene rings is 2. The van der Waals surface area contributed by atoms with Crippen molar-refractivity contribution in [1.82, 2.24) is 10.3 Å². The highest BCUT2D eigenvalue weighted by Crippen LogP contribution is 2.29. The number of aromatic hydroxyl groups is 1. The number of nitrogens with one attached hydrogen (secondary N) is 2. The smallest absolute Gasteiger partial charge is 0.248 e. The molecule has 154 valence electrons. The average Bonchev–Trinajstić information content (AvgIpc) is 2.73. The Morgan fingerprint density at radius 1 is 1.10 bits per heavy atom. The monoisotopic (exact) mass is 398 g/mol. The highest BCUT2D eigenvalue weighted by Gasteiger charge is 2.16. The van der Waals surface area contributed by atoms with Gasteiger partial charge in [-0.1, -0.05) is 12.1 Å². The highest BCUT2D eigenvalue weighted by molar-refractivity contribution is 5.87. The van der Waals surface area contributed by atoms with E-state index in [1.54, 1.807) is 26.4 Å². The van der Waals surface area contributed by atoms with Crippen LogP contribution < -0.4 is 20.3 Å². The summed E-state index contributed by atoms with van der Waals surface area (Å²) in [4.78, 5) is 14.1. The number of hydrogen-bond donors (Lipinski definition) is 4. The minimum absolute atomic E-state index is 0.0263. The Kier molecular flexibility index (Phi) is 6.41. The third kappa shape index (κ3) is 4.70. The quantitative estimate of drug-likeness (QED) is 0.465. The molecule has 2 atom stereocenters. The third-order valence-corrected chi connectivity index (χ3v) is 4.95. The number of aromatic nitrogens is 1. The lowest BCUT2D eigenvalue weighted by Gasteiger charge is -2.20. The maximum Gasteiger partial charge on any atom is 0.248 e. The molecule has 0 spiro atoms. The Morgan fingerprint density at radius 2 is 1.90 bits per heavy atom. The van der Waals surface area contributed by atoms with Gasteiger partial charge in [0.05, 0.1) is 25.8 Å². The van der Waals surface area contributed by atoms with Crippen molar-refractivity contribution in [3.8, 4) is 17.2 Å². The van der Waals surface area contributed by atoms with Gasteiger partial charge in [0.1, 0.15) is 17.2 Å². The molecule has 0 saturated carbocycles. The molecular formula is C22H26N2O5. The fourth-order valence-corrected chi connectivity index (χ4v) is 3.39. The zero-order chi connectivity index (χ0) is 21.0.